The maximum Gasteiger partial charge on any atom is 0.119 e. The van der Waals surface area contributed by atoms with Crippen LogP contribution in [0.25, 0.3) is 0 Å². The standard InChI is InChI=1S/C16H21NOS/c1-13(17)4-5-14-6-8-15(9-7-14)18-11-10-16-3-2-12-19-16/h2-3,6-9,12-13H,4-5,10-11,17H2,1H3. The van der Waals surface area contributed by atoms with Crippen molar-refractivity contribution in [3.8, 4) is 5.75 Å². The average molecular weight is 275 g/mol. The number of aryl methyl sites for hydroxylation is 1. The molecule has 2 N–H and O–H groups in total. The highest BCUT2D eigenvalue weighted by atomic mass is 32.1. The minimum Gasteiger partial charge on any atom is -0.493 e. The van der Waals surface area contributed by atoms with E-state index in [1.807, 2.05) is 19.1 Å². The van der Waals surface area contributed by atoms with Gasteiger partial charge in [-0.05, 0) is 48.9 Å². The van der Waals surface area contributed by atoms with Crippen LogP contribution >= 0.6 is 11.3 Å². The van der Waals surface area contributed by atoms with Crippen LogP contribution < -0.4 is 10.5 Å². The predicted molar refractivity (Wildman–Crippen MR) is 81.9 cm³/mol. The van der Waals surface area contributed by atoms with Gasteiger partial charge in [-0.3, -0.25) is 0 Å². The largest absolute Gasteiger partial charge is 0.493 e. The topological polar surface area (TPSA) is 35.2 Å². The number of hydrogen-bond acceptors (Lipinski definition) is 3. The zero-order chi connectivity index (χ0) is 13.5. The molecule has 0 amide bonds. The Labute approximate surface area is 119 Å². The molecule has 2 nitrogen and oxygen atoms in total. The number of hydrogen-bond donors (Lipinski definition) is 1. The van der Waals surface area contributed by atoms with Gasteiger partial charge in [0.1, 0.15) is 5.75 Å². The van der Waals surface area contributed by atoms with Crippen molar-refractivity contribution in [3.05, 3.63) is 52.2 Å². The van der Waals surface area contributed by atoms with E-state index < -0.39 is 0 Å². The molecule has 2 rings (SSSR count). The molecular formula is C16H21NOS. The quantitative estimate of drug-likeness (QED) is 0.837. The van der Waals surface area contributed by atoms with E-state index in [-0.39, 0.29) is 6.04 Å². The van der Waals surface area contributed by atoms with E-state index in [0.717, 1.165) is 31.6 Å². The van der Waals surface area contributed by atoms with Crippen LogP contribution in [0.4, 0.5) is 0 Å². The number of rotatable bonds is 7. The summed E-state index contributed by atoms with van der Waals surface area (Å²) >= 11 is 1.78. The summed E-state index contributed by atoms with van der Waals surface area (Å²) in [6.45, 7) is 2.78. The lowest BCUT2D eigenvalue weighted by atomic mass is 10.1. The summed E-state index contributed by atoms with van der Waals surface area (Å²) in [5.74, 6) is 0.945. The molecule has 0 saturated carbocycles. The van der Waals surface area contributed by atoms with Gasteiger partial charge in [0.25, 0.3) is 0 Å². The van der Waals surface area contributed by atoms with Crippen molar-refractivity contribution in [1.82, 2.24) is 0 Å². The number of benzene rings is 1. The van der Waals surface area contributed by atoms with Crippen molar-refractivity contribution in [2.24, 2.45) is 5.73 Å². The summed E-state index contributed by atoms with van der Waals surface area (Å²) in [4.78, 5) is 1.37. The summed E-state index contributed by atoms with van der Waals surface area (Å²) < 4.78 is 5.74. The van der Waals surface area contributed by atoms with Crippen LogP contribution in [-0.2, 0) is 12.8 Å². The fraction of sp³-hybridized carbons (Fsp3) is 0.375. The molecule has 2 aromatic rings. The fourth-order valence-electron chi connectivity index (χ4n) is 1.87. The number of nitrogens with two attached hydrogens (primary N) is 1. The van der Waals surface area contributed by atoms with Gasteiger partial charge in [-0.15, -0.1) is 11.3 Å². The molecule has 1 aromatic carbocycles. The third kappa shape index (κ3) is 5.05. The molecule has 1 atom stereocenters. The molecule has 19 heavy (non-hydrogen) atoms. The smallest absolute Gasteiger partial charge is 0.119 e. The molecule has 0 aliphatic rings. The van der Waals surface area contributed by atoms with Gasteiger partial charge in [-0.25, -0.2) is 0 Å². The third-order valence-corrected chi connectivity index (χ3v) is 3.95. The van der Waals surface area contributed by atoms with E-state index in [9.17, 15) is 0 Å². The Morgan fingerprint density at radius 3 is 2.58 bits per heavy atom. The van der Waals surface area contributed by atoms with Crippen LogP contribution in [0.1, 0.15) is 23.8 Å². The van der Waals surface area contributed by atoms with Crippen molar-refractivity contribution in [1.29, 1.82) is 0 Å². The van der Waals surface area contributed by atoms with Gasteiger partial charge < -0.3 is 10.5 Å². The van der Waals surface area contributed by atoms with Crippen molar-refractivity contribution in [2.45, 2.75) is 32.2 Å². The molecule has 0 radical (unpaired) electrons. The monoisotopic (exact) mass is 275 g/mol. The highest BCUT2D eigenvalue weighted by molar-refractivity contribution is 7.09. The second kappa shape index (κ2) is 7.31. The van der Waals surface area contributed by atoms with Crippen molar-refractivity contribution >= 4 is 11.3 Å². The summed E-state index contributed by atoms with van der Waals surface area (Å²) in [6, 6.07) is 12.8. The van der Waals surface area contributed by atoms with Crippen LogP contribution in [0.15, 0.2) is 41.8 Å². The lowest BCUT2D eigenvalue weighted by molar-refractivity contribution is 0.323. The molecule has 0 spiro atoms. The van der Waals surface area contributed by atoms with Crippen LogP contribution in [0, 0.1) is 0 Å². The molecule has 102 valence electrons. The number of ether oxygens (including phenoxy) is 1. The minimum atomic E-state index is 0.265. The molecule has 0 aliphatic heterocycles. The zero-order valence-corrected chi connectivity index (χ0v) is 12.2. The van der Waals surface area contributed by atoms with Crippen LogP contribution in [0.5, 0.6) is 5.75 Å². The third-order valence-electron chi connectivity index (χ3n) is 3.01. The van der Waals surface area contributed by atoms with Gasteiger partial charge >= 0.3 is 0 Å². The van der Waals surface area contributed by atoms with Gasteiger partial charge in [0.15, 0.2) is 0 Å². The van der Waals surface area contributed by atoms with Crippen molar-refractivity contribution in [3.63, 3.8) is 0 Å². The van der Waals surface area contributed by atoms with Gasteiger partial charge in [-0.2, -0.15) is 0 Å². The highest BCUT2D eigenvalue weighted by Gasteiger charge is 1.99. The molecule has 0 saturated heterocycles. The highest BCUT2D eigenvalue weighted by Crippen LogP contribution is 2.15. The maximum absolute atomic E-state index is 5.76. The second-order valence-corrected chi connectivity index (χ2v) is 5.87. The fourth-order valence-corrected chi connectivity index (χ4v) is 2.56. The molecule has 0 bridgehead atoms. The van der Waals surface area contributed by atoms with Crippen LogP contribution in [0.3, 0.4) is 0 Å². The van der Waals surface area contributed by atoms with E-state index in [4.69, 9.17) is 10.5 Å². The van der Waals surface area contributed by atoms with Gasteiger partial charge in [0, 0.05) is 17.3 Å². The van der Waals surface area contributed by atoms with E-state index in [2.05, 4.69) is 29.6 Å². The van der Waals surface area contributed by atoms with Gasteiger partial charge in [0.2, 0.25) is 0 Å². The summed E-state index contributed by atoms with van der Waals surface area (Å²) in [6.07, 6.45) is 3.04. The Balaban J connectivity index is 1.75. The average Bonchev–Trinajstić information content (AvgIpc) is 2.91. The summed E-state index contributed by atoms with van der Waals surface area (Å²) in [5.41, 5.74) is 7.08. The van der Waals surface area contributed by atoms with Crippen LogP contribution in [0.2, 0.25) is 0 Å². The Hall–Kier alpha value is -1.32. The Morgan fingerprint density at radius 1 is 1.16 bits per heavy atom. The van der Waals surface area contributed by atoms with E-state index in [0.29, 0.717) is 0 Å². The summed E-state index contributed by atoms with van der Waals surface area (Å²) in [7, 11) is 0. The predicted octanol–water partition coefficient (Wildman–Crippen LogP) is 3.65. The first kappa shape index (κ1) is 14.1. The van der Waals surface area contributed by atoms with E-state index >= 15 is 0 Å². The van der Waals surface area contributed by atoms with Gasteiger partial charge in [0.05, 0.1) is 6.61 Å². The SMILES string of the molecule is CC(N)CCc1ccc(OCCc2cccs2)cc1. The zero-order valence-electron chi connectivity index (χ0n) is 11.3. The molecule has 1 heterocycles. The lowest BCUT2D eigenvalue weighted by Crippen LogP contribution is -2.15. The lowest BCUT2D eigenvalue weighted by Gasteiger charge is -2.08. The van der Waals surface area contributed by atoms with E-state index in [1.165, 1.54) is 10.4 Å². The van der Waals surface area contributed by atoms with Gasteiger partial charge in [-0.1, -0.05) is 18.2 Å². The van der Waals surface area contributed by atoms with Crippen molar-refractivity contribution in [2.75, 3.05) is 6.61 Å². The Morgan fingerprint density at radius 2 is 1.95 bits per heavy atom. The number of thiophene rings is 1. The summed E-state index contributed by atoms with van der Waals surface area (Å²) in [5, 5.41) is 2.10. The molecule has 0 fully saturated rings. The van der Waals surface area contributed by atoms with Crippen molar-refractivity contribution < 1.29 is 4.74 Å². The second-order valence-electron chi connectivity index (χ2n) is 4.84. The molecule has 1 aromatic heterocycles. The molecule has 1 unspecified atom stereocenters. The Kier molecular flexibility index (Phi) is 5.43. The first-order valence-electron chi connectivity index (χ1n) is 6.74. The minimum absolute atomic E-state index is 0.265. The molecule has 0 aliphatic carbocycles. The normalized spacial score (nSPS) is 12.3. The molecule has 3 heteroatoms. The first-order chi connectivity index (χ1) is 9.24. The van der Waals surface area contributed by atoms with Crippen LogP contribution in [-0.4, -0.2) is 12.6 Å². The molecular weight excluding hydrogens is 254 g/mol. The first-order valence-corrected chi connectivity index (χ1v) is 7.62. The Bertz CT molecular complexity index is 462. The maximum atomic E-state index is 5.76. The van der Waals surface area contributed by atoms with E-state index in [1.54, 1.807) is 11.3 Å².